The molecule has 1 aromatic rings. The van der Waals surface area contributed by atoms with E-state index in [4.69, 9.17) is 15.2 Å². The molecule has 1 aliphatic rings. The molecule has 1 fully saturated rings. The number of benzene rings is 1. The van der Waals surface area contributed by atoms with Gasteiger partial charge >= 0.3 is 0 Å². The average molecular weight is 379 g/mol. The maximum Gasteiger partial charge on any atom is 0.241 e. The summed E-state index contributed by atoms with van der Waals surface area (Å²) in [7, 11) is -0.740. The third-order valence-corrected chi connectivity index (χ3v) is 6.32. The zero-order valence-electron chi connectivity index (χ0n) is 14.4. The summed E-state index contributed by atoms with van der Waals surface area (Å²) in [6.45, 7) is 2.34. The van der Waals surface area contributed by atoms with Crippen molar-refractivity contribution >= 4 is 22.4 Å². The lowest BCUT2D eigenvalue weighted by atomic mass is 9.74. The van der Waals surface area contributed by atoms with E-state index in [1.165, 1.54) is 26.4 Å². The summed E-state index contributed by atoms with van der Waals surface area (Å²) in [6, 6.07) is 4.62. The number of nitrogens with two attached hydrogens (primary N) is 1. The molecule has 1 aliphatic carbocycles. The van der Waals surface area contributed by atoms with E-state index >= 15 is 0 Å². The molecule has 6 nitrogen and oxygen atoms in total. The van der Waals surface area contributed by atoms with Crippen LogP contribution in [0.4, 0.5) is 0 Å². The van der Waals surface area contributed by atoms with Crippen LogP contribution in [-0.4, -0.2) is 34.7 Å². The van der Waals surface area contributed by atoms with Crippen LogP contribution < -0.4 is 19.9 Å². The lowest BCUT2D eigenvalue weighted by molar-refractivity contribution is 0.191. The number of rotatable bonds is 6. The highest BCUT2D eigenvalue weighted by atomic mass is 35.5. The first kappa shape index (κ1) is 21.0. The number of methoxy groups -OCH3 is 2. The van der Waals surface area contributed by atoms with E-state index in [1.54, 1.807) is 6.07 Å². The lowest BCUT2D eigenvalue weighted by Crippen LogP contribution is -2.58. The molecular formula is C16H27ClN2O4S. The van der Waals surface area contributed by atoms with Crippen molar-refractivity contribution in [2.45, 2.75) is 43.0 Å². The van der Waals surface area contributed by atoms with Gasteiger partial charge < -0.3 is 15.2 Å². The van der Waals surface area contributed by atoms with Crippen LogP contribution in [0.15, 0.2) is 23.1 Å². The van der Waals surface area contributed by atoms with Crippen LogP contribution in [-0.2, 0) is 10.0 Å². The van der Waals surface area contributed by atoms with Gasteiger partial charge in [0.1, 0.15) is 11.5 Å². The van der Waals surface area contributed by atoms with E-state index in [0.717, 1.165) is 25.7 Å². The van der Waals surface area contributed by atoms with Gasteiger partial charge in [0.2, 0.25) is 10.0 Å². The van der Waals surface area contributed by atoms with Crippen molar-refractivity contribution in [3.63, 3.8) is 0 Å². The summed E-state index contributed by atoms with van der Waals surface area (Å²) in [4.78, 5) is 0.124. The van der Waals surface area contributed by atoms with Crippen molar-refractivity contribution in [3.8, 4) is 11.5 Å². The zero-order chi connectivity index (χ0) is 17.1. The Kier molecular flexibility index (Phi) is 7.34. The van der Waals surface area contributed by atoms with Crippen molar-refractivity contribution in [3.05, 3.63) is 18.2 Å². The molecule has 24 heavy (non-hydrogen) atoms. The minimum Gasteiger partial charge on any atom is -0.497 e. The van der Waals surface area contributed by atoms with Crippen molar-refractivity contribution in [1.29, 1.82) is 0 Å². The Hall–Kier alpha value is -1.02. The highest BCUT2D eigenvalue weighted by Gasteiger charge is 2.40. The molecular weight excluding hydrogens is 352 g/mol. The summed E-state index contributed by atoms with van der Waals surface area (Å²) >= 11 is 0. The van der Waals surface area contributed by atoms with Crippen LogP contribution in [0.5, 0.6) is 11.5 Å². The number of halogens is 1. The number of hydrogen-bond acceptors (Lipinski definition) is 5. The number of nitrogens with one attached hydrogen (secondary N) is 1. The Morgan fingerprint density at radius 2 is 1.79 bits per heavy atom. The maximum atomic E-state index is 12.9. The molecule has 138 valence electrons. The van der Waals surface area contributed by atoms with Crippen molar-refractivity contribution in [2.75, 3.05) is 20.8 Å². The number of sulfonamides is 1. The first-order valence-corrected chi connectivity index (χ1v) is 9.32. The normalized spacial score (nSPS) is 24.1. The predicted molar refractivity (Wildman–Crippen MR) is 96.5 cm³/mol. The molecule has 0 spiro atoms. The quantitative estimate of drug-likeness (QED) is 0.792. The summed E-state index contributed by atoms with van der Waals surface area (Å²) < 4.78 is 38.9. The fraction of sp³-hybridized carbons (Fsp3) is 0.625. The smallest absolute Gasteiger partial charge is 0.241 e. The standard InChI is InChI=1S/C16H26N2O4S.ClH/c1-12-6-4-5-7-16(12,11-17)18-23(19,20)15-9-13(21-2)8-14(10-15)22-3;/h8-10,12,18H,4-7,11,17H2,1-3H3;1H. The molecule has 1 saturated carbocycles. The van der Waals surface area contributed by atoms with Gasteiger partial charge in [-0.05, 0) is 18.8 Å². The Morgan fingerprint density at radius 1 is 1.21 bits per heavy atom. The van der Waals surface area contributed by atoms with Crippen LogP contribution in [0, 0.1) is 5.92 Å². The van der Waals surface area contributed by atoms with Gasteiger partial charge in [0.25, 0.3) is 0 Å². The van der Waals surface area contributed by atoms with Gasteiger partial charge in [0.05, 0.1) is 19.1 Å². The second kappa shape index (κ2) is 8.38. The molecule has 0 radical (unpaired) electrons. The fourth-order valence-corrected chi connectivity index (χ4v) is 4.76. The van der Waals surface area contributed by atoms with Crippen LogP contribution >= 0.6 is 12.4 Å². The molecule has 0 bridgehead atoms. The molecule has 0 aromatic heterocycles. The molecule has 8 heteroatoms. The lowest BCUT2D eigenvalue weighted by Gasteiger charge is -2.42. The molecule has 0 heterocycles. The average Bonchev–Trinajstić information content (AvgIpc) is 2.56. The van der Waals surface area contributed by atoms with Crippen LogP contribution in [0.25, 0.3) is 0 Å². The van der Waals surface area contributed by atoms with Gasteiger partial charge in [-0.15, -0.1) is 12.4 Å². The maximum absolute atomic E-state index is 12.9. The highest BCUT2D eigenvalue weighted by Crippen LogP contribution is 2.35. The highest BCUT2D eigenvalue weighted by molar-refractivity contribution is 7.89. The van der Waals surface area contributed by atoms with Gasteiger partial charge in [-0.2, -0.15) is 0 Å². The predicted octanol–water partition coefficient (Wildman–Crippen LogP) is 2.31. The first-order valence-electron chi connectivity index (χ1n) is 7.84. The Morgan fingerprint density at radius 3 is 2.25 bits per heavy atom. The third-order valence-electron chi connectivity index (χ3n) is 4.79. The van der Waals surface area contributed by atoms with Crippen LogP contribution in [0.1, 0.15) is 32.6 Å². The molecule has 0 saturated heterocycles. The molecule has 3 N–H and O–H groups in total. The summed E-state index contributed by atoms with van der Waals surface area (Å²) in [5, 5.41) is 0. The number of ether oxygens (including phenoxy) is 2. The Balaban J connectivity index is 0.00000288. The molecule has 2 atom stereocenters. The van der Waals surface area contributed by atoms with E-state index in [9.17, 15) is 8.42 Å². The van der Waals surface area contributed by atoms with Crippen molar-refractivity contribution in [2.24, 2.45) is 11.7 Å². The molecule has 0 amide bonds. The molecule has 0 aliphatic heterocycles. The fourth-order valence-electron chi connectivity index (χ4n) is 3.17. The van der Waals surface area contributed by atoms with Crippen LogP contribution in [0.3, 0.4) is 0 Å². The van der Waals surface area contributed by atoms with Crippen LogP contribution in [0.2, 0.25) is 0 Å². The zero-order valence-corrected chi connectivity index (χ0v) is 16.0. The second-order valence-electron chi connectivity index (χ2n) is 6.16. The SMILES string of the molecule is COc1cc(OC)cc(S(=O)(=O)NC2(CN)CCCCC2C)c1.Cl. The monoisotopic (exact) mass is 378 g/mol. The molecule has 2 rings (SSSR count). The van der Waals surface area contributed by atoms with Gasteiger partial charge in [-0.3, -0.25) is 0 Å². The Labute approximate surface area is 150 Å². The third kappa shape index (κ3) is 4.33. The van der Waals surface area contributed by atoms with Gasteiger partial charge in [-0.1, -0.05) is 19.8 Å². The van der Waals surface area contributed by atoms with Crippen molar-refractivity contribution in [1.82, 2.24) is 4.72 Å². The minimum atomic E-state index is -3.72. The minimum absolute atomic E-state index is 0. The molecule has 1 aromatic carbocycles. The van der Waals surface area contributed by atoms with E-state index in [0.29, 0.717) is 11.5 Å². The molecule has 2 unspecified atom stereocenters. The largest absolute Gasteiger partial charge is 0.497 e. The van der Waals surface area contributed by atoms with Gasteiger partial charge in [0.15, 0.2) is 0 Å². The van der Waals surface area contributed by atoms with E-state index in [-0.39, 0.29) is 29.8 Å². The van der Waals surface area contributed by atoms with Gasteiger partial charge in [0, 0.05) is 30.3 Å². The summed E-state index contributed by atoms with van der Waals surface area (Å²) in [5.74, 6) is 1.06. The van der Waals surface area contributed by atoms with Crippen molar-refractivity contribution < 1.29 is 17.9 Å². The second-order valence-corrected chi connectivity index (χ2v) is 7.84. The van der Waals surface area contributed by atoms with Gasteiger partial charge in [-0.25, -0.2) is 13.1 Å². The van der Waals surface area contributed by atoms with E-state index < -0.39 is 15.6 Å². The van der Waals surface area contributed by atoms with E-state index in [1.807, 2.05) is 0 Å². The summed E-state index contributed by atoms with van der Waals surface area (Å²) in [6.07, 6.45) is 3.81. The van der Waals surface area contributed by atoms with E-state index in [2.05, 4.69) is 11.6 Å². The summed E-state index contributed by atoms with van der Waals surface area (Å²) in [5.41, 5.74) is 5.36. The first-order chi connectivity index (χ1) is 10.9. The topological polar surface area (TPSA) is 90.6 Å². The number of hydrogen-bond donors (Lipinski definition) is 2. The Bertz CT molecular complexity index is 631.